The highest BCUT2D eigenvalue weighted by atomic mass is 127. The predicted molar refractivity (Wildman–Crippen MR) is 116 cm³/mol. The number of guanidine groups is 1. The van der Waals surface area contributed by atoms with Gasteiger partial charge in [-0.05, 0) is 32.9 Å². The average Bonchev–Trinajstić information content (AvgIpc) is 2.99. The van der Waals surface area contributed by atoms with Crippen LogP contribution in [0.5, 0.6) is 0 Å². The van der Waals surface area contributed by atoms with Crippen LogP contribution >= 0.6 is 47.1 Å². The molecule has 1 aromatic rings. The van der Waals surface area contributed by atoms with Crippen LogP contribution in [0, 0.1) is 6.92 Å². The van der Waals surface area contributed by atoms with Crippen molar-refractivity contribution in [2.45, 2.75) is 37.9 Å². The molecule has 0 bridgehead atoms. The molecule has 2 N–H and O–H groups in total. The number of thioether (sulfide) groups is 1. The zero-order valence-corrected chi connectivity index (χ0v) is 18.7. The number of rotatable bonds is 7. The fraction of sp³-hybridized carbons (Fsp3) is 0.750. The molecule has 1 aliphatic heterocycles. The summed E-state index contributed by atoms with van der Waals surface area (Å²) in [7, 11) is 0. The van der Waals surface area contributed by atoms with Gasteiger partial charge in [-0.3, -0.25) is 4.99 Å². The highest BCUT2D eigenvalue weighted by molar-refractivity contribution is 14.0. The maximum absolute atomic E-state index is 5.50. The van der Waals surface area contributed by atoms with E-state index in [1.54, 1.807) is 11.3 Å². The highest BCUT2D eigenvalue weighted by Gasteiger charge is 2.31. The van der Waals surface area contributed by atoms with Gasteiger partial charge in [0.25, 0.3) is 0 Å². The van der Waals surface area contributed by atoms with Crippen LogP contribution in [0.4, 0.5) is 0 Å². The summed E-state index contributed by atoms with van der Waals surface area (Å²) < 4.78 is 5.73. The molecule has 8 heteroatoms. The van der Waals surface area contributed by atoms with Crippen LogP contribution in [0.25, 0.3) is 0 Å². The van der Waals surface area contributed by atoms with Crippen LogP contribution in [0.2, 0.25) is 0 Å². The zero-order chi connectivity index (χ0) is 16.5. The minimum absolute atomic E-state index is 0. The standard InChI is InChI=1S/C16H28N4OS2.HI/c1-4-17-15(18-8-5-14-19-11-13(2)23-14)20-12-16(22-3)6-9-21-10-7-16;/h11H,4-10,12H2,1-3H3,(H2,17,18,20);1H. The van der Waals surface area contributed by atoms with Gasteiger partial charge >= 0.3 is 0 Å². The summed E-state index contributed by atoms with van der Waals surface area (Å²) in [5, 5.41) is 7.94. The third-order valence-electron chi connectivity index (χ3n) is 4.01. The van der Waals surface area contributed by atoms with Crippen molar-refractivity contribution >= 4 is 53.0 Å². The van der Waals surface area contributed by atoms with Crippen LogP contribution in [0.3, 0.4) is 0 Å². The summed E-state index contributed by atoms with van der Waals surface area (Å²) in [6.07, 6.45) is 7.22. The Labute approximate surface area is 170 Å². The van der Waals surface area contributed by atoms with E-state index >= 15 is 0 Å². The van der Waals surface area contributed by atoms with Gasteiger partial charge in [0.15, 0.2) is 5.96 Å². The lowest BCUT2D eigenvalue weighted by Gasteiger charge is -2.34. The minimum atomic E-state index is 0. The second-order valence-electron chi connectivity index (χ2n) is 5.74. The van der Waals surface area contributed by atoms with Gasteiger partial charge in [-0.15, -0.1) is 35.3 Å². The van der Waals surface area contributed by atoms with Crippen LogP contribution in [0.15, 0.2) is 11.2 Å². The van der Waals surface area contributed by atoms with Crippen LogP contribution in [-0.2, 0) is 11.2 Å². The molecule has 0 atom stereocenters. The van der Waals surface area contributed by atoms with Crippen molar-refractivity contribution in [1.29, 1.82) is 0 Å². The molecule has 1 saturated heterocycles. The van der Waals surface area contributed by atoms with Crippen molar-refractivity contribution in [2.75, 3.05) is 39.1 Å². The Morgan fingerprint density at radius 2 is 2.17 bits per heavy atom. The molecule has 2 rings (SSSR count). The van der Waals surface area contributed by atoms with Gasteiger partial charge < -0.3 is 15.4 Å². The normalized spacial score (nSPS) is 17.2. The summed E-state index contributed by atoms with van der Waals surface area (Å²) in [5.41, 5.74) is 0. The fourth-order valence-corrected chi connectivity index (χ4v) is 4.10. The SMILES string of the molecule is CCNC(=NCC1(SC)CCOCC1)NCCc1ncc(C)s1.I. The Morgan fingerprint density at radius 3 is 2.75 bits per heavy atom. The molecule has 0 saturated carbocycles. The molecule has 1 aliphatic rings. The quantitative estimate of drug-likeness (QED) is 0.354. The summed E-state index contributed by atoms with van der Waals surface area (Å²) >= 11 is 3.69. The van der Waals surface area contributed by atoms with E-state index in [1.165, 1.54) is 9.88 Å². The summed E-state index contributed by atoms with van der Waals surface area (Å²) in [6, 6.07) is 0. The van der Waals surface area contributed by atoms with Gasteiger partial charge in [0.05, 0.1) is 11.6 Å². The van der Waals surface area contributed by atoms with E-state index in [1.807, 2.05) is 18.0 Å². The third-order valence-corrected chi connectivity index (χ3v) is 6.38. The molecule has 138 valence electrons. The molecule has 0 unspecified atom stereocenters. The zero-order valence-electron chi connectivity index (χ0n) is 14.8. The first-order chi connectivity index (χ1) is 11.2. The van der Waals surface area contributed by atoms with E-state index in [0.29, 0.717) is 0 Å². The minimum Gasteiger partial charge on any atom is -0.381 e. The van der Waals surface area contributed by atoms with E-state index in [-0.39, 0.29) is 28.7 Å². The van der Waals surface area contributed by atoms with Gasteiger partial charge in [-0.1, -0.05) is 0 Å². The van der Waals surface area contributed by atoms with E-state index in [4.69, 9.17) is 9.73 Å². The summed E-state index contributed by atoms with van der Waals surface area (Å²) in [6.45, 7) is 8.46. The monoisotopic (exact) mass is 484 g/mol. The van der Waals surface area contributed by atoms with E-state index in [2.05, 4.69) is 35.7 Å². The van der Waals surface area contributed by atoms with Crippen LogP contribution in [-0.4, -0.2) is 54.8 Å². The number of nitrogens with zero attached hydrogens (tertiary/aromatic N) is 2. The molecule has 0 spiro atoms. The molecule has 1 aromatic heterocycles. The highest BCUT2D eigenvalue weighted by Crippen LogP contribution is 2.33. The Bertz CT molecular complexity index is 504. The maximum Gasteiger partial charge on any atom is 0.191 e. The molecule has 24 heavy (non-hydrogen) atoms. The second kappa shape index (κ2) is 11.5. The number of hydrogen-bond donors (Lipinski definition) is 2. The molecule has 2 heterocycles. The first-order valence-electron chi connectivity index (χ1n) is 8.24. The molecular formula is C16H29IN4OS2. The van der Waals surface area contributed by atoms with Crippen LogP contribution in [0.1, 0.15) is 29.7 Å². The van der Waals surface area contributed by atoms with E-state index in [9.17, 15) is 0 Å². The largest absolute Gasteiger partial charge is 0.381 e. The van der Waals surface area contributed by atoms with Crippen molar-refractivity contribution in [3.05, 3.63) is 16.1 Å². The van der Waals surface area contributed by atoms with Gasteiger partial charge in [0.1, 0.15) is 0 Å². The fourth-order valence-electron chi connectivity index (χ4n) is 2.54. The van der Waals surface area contributed by atoms with Crippen molar-refractivity contribution in [1.82, 2.24) is 15.6 Å². The number of ether oxygens (including phenoxy) is 1. The Kier molecular flexibility index (Phi) is 10.6. The molecule has 0 radical (unpaired) electrons. The number of aromatic nitrogens is 1. The number of aryl methyl sites for hydroxylation is 1. The van der Waals surface area contributed by atoms with Crippen molar-refractivity contribution in [3.63, 3.8) is 0 Å². The number of aliphatic imine (C=N–C) groups is 1. The third kappa shape index (κ3) is 7.05. The predicted octanol–water partition coefficient (Wildman–Crippen LogP) is 3.08. The van der Waals surface area contributed by atoms with Gasteiger partial charge in [0.2, 0.25) is 0 Å². The molecule has 0 aromatic carbocycles. The number of hydrogen-bond acceptors (Lipinski definition) is 5. The van der Waals surface area contributed by atoms with Crippen LogP contribution < -0.4 is 10.6 Å². The van der Waals surface area contributed by atoms with E-state index < -0.39 is 0 Å². The first-order valence-corrected chi connectivity index (χ1v) is 10.3. The van der Waals surface area contributed by atoms with Crippen molar-refractivity contribution in [3.8, 4) is 0 Å². The molecular weight excluding hydrogens is 455 g/mol. The summed E-state index contributed by atoms with van der Waals surface area (Å²) in [5.74, 6) is 0.903. The molecule has 0 amide bonds. The Morgan fingerprint density at radius 1 is 1.42 bits per heavy atom. The van der Waals surface area contributed by atoms with Crippen molar-refractivity contribution in [2.24, 2.45) is 4.99 Å². The Balaban J connectivity index is 0.00000288. The van der Waals surface area contributed by atoms with Gasteiger partial charge in [-0.25, -0.2) is 4.98 Å². The van der Waals surface area contributed by atoms with Gasteiger partial charge in [-0.2, -0.15) is 11.8 Å². The summed E-state index contributed by atoms with van der Waals surface area (Å²) in [4.78, 5) is 10.5. The Hall–Kier alpha value is -0.0600. The first kappa shape index (κ1) is 22.0. The second-order valence-corrected chi connectivity index (χ2v) is 8.33. The topological polar surface area (TPSA) is 58.5 Å². The van der Waals surface area contributed by atoms with Gasteiger partial charge in [0, 0.05) is 48.5 Å². The number of thiazole rings is 1. The lowest BCUT2D eigenvalue weighted by Crippen LogP contribution is -2.41. The molecule has 5 nitrogen and oxygen atoms in total. The number of nitrogens with one attached hydrogen (secondary N) is 2. The average molecular weight is 484 g/mol. The smallest absolute Gasteiger partial charge is 0.191 e. The van der Waals surface area contributed by atoms with Crippen molar-refractivity contribution < 1.29 is 4.74 Å². The maximum atomic E-state index is 5.50. The molecule has 0 aliphatic carbocycles. The number of halogens is 1. The molecule has 1 fully saturated rings. The lowest BCUT2D eigenvalue weighted by molar-refractivity contribution is 0.0794. The van der Waals surface area contributed by atoms with E-state index in [0.717, 1.165) is 58.1 Å². The lowest BCUT2D eigenvalue weighted by atomic mass is 9.99.